The Morgan fingerprint density at radius 3 is 2.77 bits per heavy atom. The van der Waals surface area contributed by atoms with Crippen LogP contribution in [0.3, 0.4) is 0 Å². The molecule has 0 saturated heterocycles. The van der Waals surface area contributed by atoms with E-state index in [-0.39, 0.29) is 6.61 Å². The van der Waals surface area contributed by atoms with Crippen molar-refractivity contribution in [2.45, 2.75) is 13.3 Å². The molecule has 0 aliphatic carbocycles. The summed E-state index contributed by atoms with van der Waals surface area (Å²) in [6.07, 6.45) is 5.84. The van der Waals surface area contributed by atoms with Gasteiger partial charge in [-0.25, -0.2) is 9.97 Å². The number of aliphatic hydroxyl groups excluding tert-OH is 1. The zero-order valence-corrected chi connectivity index (χ0v) is 17.5. The number of pyridine rings is 1. The first-order chi connectivity index (χ1) is 15.2. The molecule has 8 heteroatoms. The van der Waals surface area contributed by atoms with E-state index in [1.165, 1.54) is 0 Å². The van der Waals surface area contributed by atoms with Crippen molar-refractivity contribution in [3.8, 4) is 39.7 Å². The molecule has 0 unspecified atom stereocenters. The smallest absolute Gasteiger partial charge is 0.163 e. The molecule has 8 nitrogen and oxygen atoms in total. The summed E-state index contributed by atoms with van der Waals surface area (Å²) >= 11 is 0. The predicted octanol–water partition coefficient (Wildman–Crippen LogP) is 3.71. The normalized spacial score (nSPS) is 10.8. The number of aryl methyl sites for hydroxylation is 1. The minimum absolute atomic E-state index is 0.113. The average molecular weight is 416 g/mol. The summed E-state index contributed by atoms with van der Waals surface area (Å²) in [6.45, 7) is 2.74. The van der Waals surface area contributed by atoms with E-state index in [1.54, 1.807) is 25.7 Å². The minimum atomic E-state index is 0.113. The second kappa shape index (κ2) is 9.36. The molecule has 0 spiro atoms. The van der Waals surface area contributed by atoms with Crippen LogP contribution in [-0.2, 0) is 0 Å². The largest absolute Gasteiger partial charge is 0.497 e. The number of methoxy groups -OCH3 is 1. The van der Waals surface area contributed by atoms with E-state index < -0.39 is 0 Å². The van der Waals surface area contributed by atoms with Gasteiger partial charge in [0.1, 0.15) is 11.6 Å². The van der Waals surface area contributed by atoms with Crippen molar-refractivity contribution in [2.24, 2.45) is 0 Å². The lowest BCUT2D eigenvalue weighted by Crippen LogP contribution is -2.07. The SMILES string of the molecule is COc1cc(C)cc(-c2[nH]ncc2-c2cc(NCCCO)nc(-c3cccnc3)n2)c1. The molecule has 3 heterocycles. The lowest BCUT2D eigenvalue weighted by Gasteiger charge is -2.11. The quantitative estimate of drug-likeness (QED) is 0.376. The van der Waals surface area contributed by atoms with Crippen LogP contribution >= 0.6 is 0 Å². The Morgan fingerprint density at radius 1 is 1.10 bits per heavy atom. The third-order valence-electron chi connectivity index (χ3n) is 4.78. The number of nitrogens with one attached hydrogen (secondary N) is 2. The van der Waals surface area contributed by atoms with E-state index in [0.29, 0.717) is 24.6 Å². The molecule has 0 bridgehead atoms. The van der Waals surface area contributed by atoms with Crippen molar-refractivity contribution in [1.82, 2.24) is 25.1 Å². The summed E-state index contributed by atoms with van der Waals surface area (Å²) in [5, 5.41) is 19.7. The van der Waals surface area contributed by atoms with Gasteiger partial charge in [0.15, 0.2) is 5.82 Å². The molecule has 4 aromatic rings. The average Bonchev–Trinajstić information content (AvgIpc) is 3.29. The molecule has 158 valence electrons. The Labute approximate surface area is 180 Å². The second-order valence-electron chi connectivity index (χ2n) is 7.11. The first kappa shape index (κ1) is 20.5. The molecule has 0 radical (unpaired) electrons. The van der Waals surface area contributed by atoms with Gasteiger partial charge in [-0.2, -0.15) is 5.10 Å². The molecule has 0 aliphatic rings. The first-order valence-electron chi connectivity index (χ1n) is 10.0. The summed E-state index contributed by atoms with van der Waals surface area (Å²) in [6, 6.07) is 11.7. The highest BCUT2D eigenvalue weighted by Gasteiger charge is 2.16. The summed E-state index contributed by atoms with van der Waals surface area (Å²) in [7, 11) is 1.65. The standard InChI is InChI=1S/C23H24N6O2/c1-15-9-17(11-18(10-15)31-2)22-19(14-26-29-22)20-12-21(25-7-4-8-30)28-23(27-20)16-5-3-6-24-13-16/h3,5-6,9-14,30H,4,7-8H2,1-2H3,(H,26,29)(H,25,27,28). The number of anilines is 1. The molecule has 0 aliphatic heterocycles. The third kappa shape index (κ3) is 4.70. The van der Waals surface area contributed by atoms with Crippen LogP contribution < -0.4 is 10.1 Å². The van der Waals surface area contributed by atoms with Gasteiger partial charge in [-0.1, -0.05) is 0 Å². The van der Waals surface area contributed by atoms with Gasteiger partial charge in [0.25, 0.3) is 0 Å². The van der Waals surface area contributed by atoms with Crippen molar-refractivity contribution < 1.29 is 9.84 Å². The van der Waals surface area contributed by atoms with E-state index in [2.05, 4.69) is 31.5 Å². The van der Waals surface area contributed by atoms with E-state index in [4.69, 9.17) is 14.8 Å². The van der Waals surface area contributed by atoms with Gasteiger partial charge < -0.3 is 15.2 Å². The number of benzene rings is 1. The number of aromatic nitrogens is 5. The number of hydrogen-bond donors (Lipinski definition) is 3. The van der Waals surface area contributed by atoms with Crippen molar-refractivity contribution in [1.29, 1.82) is 0 Å². The summed E-state index contributed by atoms with van der Waals surface area (Å²) in [5.41, 5.74) is 5.28. The molecule has 0 saturated carbocycles. The van der Waals surface area contributed by atoms with E-state index in [0.717, 1.165) is 39.4 Å². The molecule has 0 atom stereocenters. The molecule has 3 N–H and O–H groups in total. The Kier molecular flexibility index (Phi) is 6.18. The third-order valence-corrected chi connectivity index (χ3v) is 4.78. The van der Waals surface area contributed by atoms with Gasteiger partial charge in [0, 0.05) is 48.3 Å². The molecule has 4 rings (SSSR count). The zero-order valence-electron chi connectivity index (χ0n) is 17.5. The van der Waals surface area contributed by atoms with E-state index in [1.807, 2.05) is 37.3 Å². The Bertz CT molecular complexity index is 1160. The van der Waals surface area contributed by atoms with Crippen molar-refractivity contribution in [3.63, 3.8) is 0 Å². The molecule has 1 aromatic carbocycles. The van der Waals surface area contributed by atoms with Crippen LogP contribution in [0.15, 0.2) is 55.0 Å². The zero-order chi connectivity index (χ0) is 21.6. The molecule has 3 aromatic heterocycles. The predicted molar refractivity (Wildman–Crippen MR) is 120 cm³/mol. The maximum absolute atomic E-state index is 9.11. The van der Waals surface area contributed by atoms with Crippen LogP contribution in [-0.4, -0.2) is 50.5 Å². The van der Waals surface area contributed by atoms with Gasteiger partial charge in [-0.05, 0) is 49.2 Å². The van der Waals surface area contributed by atoms with Gasteiger partial charge in [0.2, 0.25) is 0 Å². The monoisotopic (exact) mass is 416 g/mol. The number of H-pyrrole nitrogens is 1. The number of ether oxygens (including phenoxy) is 1. The lowest BCUT2D eigenvalue weighted by molar-refractivity contribution is 0.292. The topological polar surface area (TPSA) is 109 Å². The Hall–Kier alpha value is -3.78. The van der Waals surface area contributed by atoms with Crippen molar-refractivity contribution in [3.05, 3.63) is 60.6 Å². The fourth-order valence-electron chi connectivity index (χ4n) is 3.31. The van der Waals surface area contributed by atoms with Gasteiger partial charge in [-0.3, -0.25) is 10.1 Å². The fourth-order valence-corrected chi connectivity index (χ4v) is 3.31. The molecular weight excluding hydrogens is 392 g/mol. The number of aliphatic hydroxyl groups is 1. The van der Waals surface area contributed by atoms with Crippen LogP contribution in [0.4, 0.5) is 5.82 Å². The summed E-state index contributed by atoms with van der Waals surface area (Å²) < 4.78 is 5.43. The highest BCUT2D eigenvalue weighted by atomic mass is 16.5. The van der Waals surface area contributed by atoms with Gasteiger partial charge in [0.05, 0.1) is 24.7 Å². The van der Waals surface area contributed by atoms with Crippen LogP contribution in [0, 0.1) is 6.92 Å². The van der Waals surface area contributed by atoms with Crippen LogP contribution in [0.1, 0.15) is 12.0 Å². The number of aromatic amines is 1. The maximum Gasteiger partial charge on any atom is 0.163 e. The lowest BCUT2D eigenvalue weighted by atomic mass is 10.0. The van der Waals surface area contributed by atoms with Crippen LogP contribution in [0.25, 0.3) is 33.9 Å². The fraction of sp³-hybridized carbons (Fsp3) is 0.217. The van der Waals surface area contributed by atoms with Crippen molar-refractivity contribution in [2.75, 3.05) is 25.6 Å². The number of nitrogens with zero attached hydrogens (tertiary/aromatic N) is 4. The maximum atomic E-state index is 9.11. The second-order valence-corrected chi connectivity index (χ2v) is 7.11. The molecule has 0 fully saturated rings. The Morgan fingerprint density at radius 2 is 2.00 bits per heavy atom. The van der Waals surface area contributed by atoms with E-state index >= 15 is 0 Å². The first-order valence-corrected chi connectivity index (χ1v) is 10.0. The molecule has 0 amide bonds. The summed E-state index contributed by atoms with van der Waals surface area (Å²) in [5.74, 6) is 2.01. The molecule has 31 heavy (non-hydrogen) atoms. The Balaban J connectivity index is 1.80. The van der Waals surface area contributed by atoms with Crippen LogP contribution in [0.2, 0.25) is 0 Å². The minimum Gasteiger partial charge on any atom is -0.497 e. The van der Waals surface area contributed by atoms with Gasteiger partial charge in [-0.15, -0.1) is 0 Å². The van der Waals surface area contributed by atoms with Gasteiger partial charge >= 0.3 is 0 Å². The number of rotatable bonds is 8. The summed E-state index contributed by atoms with van der Waals surface area (Å²) in [4.78, 5) is 13.6. The molecular formula is C23H24N6O2. The van der Waals surface area contributed by atoms with E-state index in [9.17, 15) is 0 Å². The van der Waals surface area contributed by atoms with Crippen LogP contribution in [0.5, 0.6) is 5.75 Å². The highest BCUT2D eigenvalue weighted by Crippen LogP contribution is 2.33. The highest BCUT2D eigenvalue weighted by molar-refractivity contribution is 5.81. The number of hydrogen-bond acceptors (Lipinski definition) is 7. The van der Waals surface area contributed by atoms with Crippen molar-refractivity contribution >= 4 is 5.82 Å².